The second kappa shape index (κ2) is 13.7. The van der Waals surface area contributed by atoms with E-state index in [4.69, 9.17) is 17.0 Å². The fourth-order valence-electron chi connectivity index (χ4n) is 3.70. The number of amides is 1. The number of aryl methyl sites for hydroxylation is 2. The van der Waals surface area contributed by atoms with E-state index in [9.17, 15) is 13.2 Å². The maximum Gasteiger partial charge on any atom is 0.261 e. The maximum atomic E-state index is 12.9. The van der Waals surface area contributed by atoms with Crippen molar-refractivity contribution in [1.29, 1.82) is 0 Å². The van der Waals surface area contributed by atoms with E-state index in [2.05, 4.69) is 38.2 Å². The molecule has 0 heterocycles. The summed E-state index contributed by atoms with van der Waals surface area (Å²) in [6, 6.07) is 16.9. The van der Waals surface area contributed by atoms with Gasteiger partial charge < -0.3 is 10.1 Å². The molecule has 0 bridgehead atoms. The number of hydrogen-bond acceptors (Lipinski definition) is 5. The van der Waals surface area contributed by atoms with Gasteiger partial charge in [-0.15, -0.1) is 0 Å². The molecule has 3 aromatic rings. The molecule has 3 rings (SSSR count). The van der Waals surface area contributed by atoms with Crippen LogP contribution in [0.1, 0.15) is 54.1 Å². The topological polar surface area (TPSA) is 96.5 Å². The Morgan fingerprint density at radius 3 is 2.39 bits per heavy atom. The van der Waals surface area contributed by atoms with Crippen molar-refractivity contribution in [3.8, 4) is 5.75 Å². The van der Waals surface area contributed by atoms with Gasteiger partial charge in [0.15, 0.2) is 5.11 Å². The predicted octanol–water partition coefficient (Wildman–Crippen LogP) is 6.95. The number of unbranched alkanes of at least 4 members (excludes halogenated alkanes) is 3. The number of thiocarbonyl (C=S) groups is 1. The fraction of sp³-hybridized carbons (Fsp3) is 0.286. The van der Waals surface area contributed by atoms with E-state index in [1.807, 2.05) is 32.0 Å². The molecule has 0 saturated heterocycles. The van der Waals surface area contributed by atoms with Crippen molar-refractivity contribution >= 4 is 60.6 Å². The molecule has 0 fully saturated rings. The Bertz CT molecular complexity index is 1390. The van der Waals surface area contributed by atoms with Gasteiger partial charge in [0, 0.05) is 10.2 Å². The quantitative estimate of drug-likeness (QED) is 0.159. The maximum absolute atomic E-state index is 12.9. The predicted molar refractivity (Wildman–Crippen MR) is 161 cm³/mol. The van der Waals surface area contributed by atoms with Crippen molar-refractivity contribution < 1.29 is 17.9 Å². The first kappa shape index (κ1) is 29.6. The van der Waals surface area contributed by atoms with Gasteiger partial charge in [-0.25, -0.2) is 8.42 Å². The highest BCUT2D eigenvalue weighted by Crippen LogP contribution is 2.24. The summed E-state index contributed by atoms with van der Waals surface area (Å²) in [7, 11) is -3.77. The van der Waals surface area contributed by atoms with E-state index in [-0.39, 0.29) is 10.0 Å². The summed E-state index contributed by atoms with van der Waals surface area (Å²) in [6.45, 7) is 6.48. The molecular weight excluding hydrogens is 586 g/mol. The van der Waals surface area contributed by atoms with Gasteiger partial charge in [-0.1, -0.05) is 59.8 Å². The minimum absolute atomic E-state index is 0.0767. The van der Waals surface area contributed by atoms with Crippen LogP contribution in [-0.2, 0) is 10.0 Å². The lowest BCUT2D eigenvalue weighted by molar-refractivity contribution is 0.0973. The van der Waals surface area contributed by atoms with Gasteiger partial charge in [0.2, 0.25) is 0 Å². The van der Waals surface area contributed by atoms with Crippen molar-refractivity contribution in [2.24, 2.45) is 0 Å². The number of carbonyl (C=O) groups is 1. The van der Waals surface area contributed by atoms with Crippen LogP contribution in [0.4, 0.5) is 11.4 Å². The van der Waals surface area contributed by atoms with Crippen LogP contribution >= 0.6 is 28.1 Å². The first-order valence-electron chi connectivity index (χ1n) is 12.3. The van der Waals surface area contributed by atoms with Crippen molar-refractivity contribution in [3.05, 3.63) is 81.8 Å². The van der Waals surface area contributed by atoms with Crippen LogP contribution in [0.5, 0.6) is 5.75 Å². The number of rotatable bonds is 11. The molecule has 0 aliphatic rings. The Morgan fingerprint density at radius 2 is 1.71 bits per heavy atom. The molecule has 0 aliphatic carbocycles. The number of hydrogen-bond donors (Lipinski definition) is 3. The van der Waals surface area contributed by atoms with Crippen LogP contribution in [0.25, 0.3) is 0 Å². The number of halogens is 1. The van der Waals surface area contributed by atoms with E-state index in [0.29, 0.717) is 29.3 Å². The van der Waals surface area contributed by atoms with Crippen LogP contribution in [0, 0.1) is 13.8 Å². The van der Waals surface area contributed by atoms with Gasteiger partial charge in [-0.3, -0.25) is 14.8 Å². The lowest BCUT2D eigenvalue weighted by atomic mass is 10.1. The normalized spacial score (nSPS) is 11.1. The lowest BCUT2D eigenvalue weighted by Gasteiger charge is -2.14. The number of nitrogens with one attached hydrogen (secondary N) is 3. The minimum Gasteiger partial charge on any atom is -0.493 e. The lowest BCUT2D eigenvalue weighted by Crippen LogP contribution is -2.34. The number of ether oxygens (including phenoxy) is 1. The molecule has 3 aromatic carbocycles. The summed E-state index contributed by atoms with van der Waals surface area (Å²) in [4.78, 5) is 13.0. The second-order valence-electron chi connectivity index (χ2n) is 8.91. The molecule has 0 spiro atoms. The largest absolute Gasteiger partial charge is 0.493 e. The standard InChI is InChI=1S/C28H32BrN3O4S2/c1-4-5-6-7-16-36-26-15-9-21(29)18-24(26)27(33)31-28(37)30-22-10-12-23(13-11-22)38(34,35)32-25-14-8-19(2)17-20(25)3/h8-15,17-18,32H,4-7,16H2,1-3H3,(H2,30,31,33,37). The van der Waals surface area contributed by atoms with Crippen molar-refractivity contribution in [3.63, 3.8) is 0 Å². The molecule has 7 nitrogen and oxygen atoms in total. The molecular formula is C28H32BrN3O4S2. The SMILES string of the molecule is CCCCCCOc1ccc(Br)cc1C(=O)NC(=S)Nc1ccc(S(=O)(=O)Nc2ccc(C)cc2C)cc1. The first-order chi connectivity index (χ1) is 18.1. The molecule has 0 aliphatic heterocycles. The average molecular weight is 619 g/mol. The monoisotopic (exact) mass is 617 g/mol. The molecule has 10 heteroatoms. The Morgan fingerprint density at radius 1 is 0.974 bits per heavy atom. The van der Waals surface area contributed by atoms with Gasteiger partial charge in [-0.05, 0) is 86.6 Å². The third-order valence-electron chi connectivity index (χ3n) is 5.72. The number of anilines is 2. The van der Waals surface area contributed by atoms with Gasteiger partial charge in [0.1, 0.15) is 5.75 Å². The highest BCUT2D eigenvalue weighted by molar-refractivity contribution is 9.10. The zero-order valence-electron chi connectivity index (χ0n) is 21.6. The highest BCUT2D eigenvalue weighted by atomic mass is 79.9. The molecule has 1 amide bonds. The summed E-state index contributed by atoms with van der Waals surface area (Å²) in [6.07, 6.45) is 4.27. The molecule has 38 heavy (non-hydrogen) atoms. The molecule has 0 saturated carbocycles. The van der Waals surface area contributed by atoms with Crippen LogP contribution in [0.15, 0.2) is 70.0 Å². The molecule has 0 unspecified atom stereocenters. The average Bonchev–Trinajstić information content (AvgIpc) is 2.86. The molecule has 0 aromatic heterocycles. The summed E-state index contributed by atoms with van der Waals surface area (Å²) in [5.74, 6) is 0.0695. The van der Waals surface area contributed by atoms with E-state index in [1.165, 1.54) is 12.1 Å². The Labute approximate surface area is 238 Å². The fourth-order valence-corrected chi connectivity index (χ4v) is 5.40. The van der Waals surface area contributed by atoms with Gasteiger partial charge in [0.25, 0.3) is 15.9 Å². The minimum atomic E-state index is -3.77. The summed E-state index contributed by atoms with van der Waals surface area (Å²) in [5.41, 5.74) is 3.30. The van der Waals surface area contributed by atoms with E-state index < -0.39 is 15.9 Å². The van der Waals surface area contributed by atoms with Crippen molar-refractivity contribution in [2.45, 2.75) is 51.3 Å². The van der Waals surface area contributed by atoms with Gasteiger partial charge >= 0.3 is 0 Å². The zero-order chi connectivity index (χ0) is 27.7. The molecule has 0 atom stereocenters. The van der Waals surface area contributed by atoms with E-state index in [0.717, 1.165) is 41.3 Å². The Kier molecular flexibility index (Phi) is 10.7. The highest BCUT2D eigenvalue weighted by Gasteiger charge is 2.17. The van der Waals surface area contributed by atoms with E-state index >= 15 is 0 Å². The first-order valence-corrected chi connectivity index (χ1v) is 15.0. The number of benzene rings is 3. The number of sulfonamides is 1. The smallest absolute Gasteiger partial charge is 0.261 e. The molecule has 0 radical (unpaired) electrons. The number of carbonyl (C=O) groups excluding carboxylic acids is 1. The van der Waals surface area contributed by atoms with Gasteiger partial charge in [0.05, 0.1) is 22.8 Å². The van der Waals surface area contributed by atoms with Crippen LogP contribution < -0.4 is 20.1 Å². The summed E-state index contributed by atoms with van der Waals surface area (Å²) in [5, 5.41) is 5.66. The molecule has 3 N–H and O–H groups in total. The van der Waals surface area contributed by atoms with Crippen LogP contribution in [0.2, 0.25) is 0 Å². The van der Waals surface area contributed by atoms with Crippen LogP contribution in [-0.4, -0.2) is 26.0 Å². The molecule has 202 valence electrons. The zero-order valence-corrected chi connectivity index (χ0v) is 24.9. The third kappa shape index (κ3) is 8.54. The third-order valence-corrected chi connectivity index (χ3v) is 7.80. The van der Waals surface area contributed by atoms with E-state index in [1.54, 1.807) is 30.3 Å². The summed E-state index contributed by atoms with van der Waals surface area (Å²) >= 11 is 8.71. The van der Waals surface area contributed by atoms with Crippen molar-refractivity contribution in [2.75, 3.05) is 16.6 Å². The Balaban J connectivity index is 1.61. The van der Waals surface area contributed by atoms with Gasteiger partial charge in [-0.2, -0.15) is 0 Å². The summed E-state index contributed by atoms with van der Waals surface area (Å²) < 4.78 is 34.9. The van der Waals surface area contributed by atoms with Crippen molar-refractivity contribution in [1.82, 2.24) is 5.32 Å². The Hall–Kier alpha value is -2.95. The van der Waals surface area contributed by atoms with Crippen LogP contribution in [0.3, 0.4) is 0 Å². The second-order valence-corrected chi connectivity index (χ2v) is 11.9.